The third-order valence-corrected chi connectivity index (χ3v) is 6.62. The molecule has 26 heavy (non-hydrogen) atoms. The van der Waals surface area contributed by atoms with E-state index in [2.05, 4.69) is 6.58 Å². The summed E-state index contributed by atoms with van der Waals surface area (Å²) < 4.78 is 5.87. The van der Waals surface area contributed by atoms with E-state index in [0.29, 0.717) is 19.3 Å². The van der Waals surface area contributed by atoms with Crippen molar-refractivity contribution in [1.82, 2.24) is 0 Å². The predicted molar refractivity (Wildman–Crippen MR) is 104 cm³/mol. The topological polar surface area (TPSA) is 87.0 Å². The van der Waals surface area contributed by atoms with Crippen molar-refractivity contribution in [1.29, 1.82) is 0 Å². The lowest BCUT2D eigenvalue weighted by Gasteiger charge is -2.25. The highest BCUT2D eigenvalue weighted by Gasteiger charge is 2.43. The Kier molecular flexibility index (Phi) is 8.20. The Labute approximate surface area is 160 Å². The average Bonchev–Trinajstić information content (AvgIpc) is 2.93. The highest BCUT2D eigenvalue weighted by atomic mass is 32.2. The van der Waals surface area contributed by atoms with Crippen LogP contribution in [0.25, 0.3) is 0 Å². The number of fused-ring (bicyclic) bond motifs is 1. The second-order valence-electron chi connectivity index (χ2n) is 7.45. The van der Waals surface area contributed by atoms with Gasteiger partial charge in [0.2, 0.25) is 5.44 Å². The van der Waals surface area contributed by atoms with Crippen molar-refractivity contribution < 1.29 is 24.9 Å². The lowest BCUT2D eigenvalue weighted by Crippen LogP contribution is -2.30. The summed E-state index contributed by atoms with van der Waals surface area (Å²) in [6.07, 6.45) is 10.1. The molecule has 2 aliphatic rings. The molecular formula is C20H32O5S. The minimum absolute atomic E-state index is 0.0618. The molecule has 0 aromatic rings. The van der Waals surface area contributed by atoms with Crippen LogP contribution >= 0.6 is 11.8 Å². The standard InChI is InChI=1S/C20H32O5S/c1-3-10-20(24,4-2)11-7-9-14-15-8-5-6-12-26-19(18(22)23)25-17(15)13-16(14)21/h4,7,9,14-17,19,21,24H,2-3,5-6,8,10-13H2,1H3,(H,22,23)/t14-,15-,16-,17-,19?,20?/m1/s1. The van der Waals surface area contributed by atoms with Crippen molar-refractivity contribution in [3.8, 4) is 0 Å². The molecule has 1 aliphatic carbocycles. The van der Waals surface area contributed by atoms with Gasteiger partial charge in [-0.15, -0.1) is 18.3 Å². The molecule has 2 fully saturated rings. The molecule has 2 rings (SSSR count). The van der Waals surface area contributed by atoms with E-state index in [1.165, 1.54) is 11.8 Å². The minimum Gasteiger partial charge on any atom is -0.479 e. The molecule has 2 unspecified atom stereocenters. The molecule has 0 aromatic heterocycles. The van der Waals surface area contributed by atoms with E-state index in [9.17, 15) is 20.1 Å². The molecule has 1 aliphatic heterocycles. The predicted octanol–water partition coefficient (Wildman–Crippen LogP) is 3.36. The number of carbonyl (C=O) groups is 1. The Balaban J connectivity index is 2.07. The fourth-order valence-corrected chi connectivity index (χ4v) is 5.01. The number of ether oxygens (including phenoxy) is 1. The fourth-order valence-electron chi connectivity index (χ4n) is 4.06. The van der Waals surface area contributed by atoms with Gasteiger partial charge in [0.05, 0.1) is 17.8 Å². The van der Waals surface area contributed by atoms with E-state index >= 15 is 0 Å². The molecule has 0 amide bonds. The first-order valence-electron chi connectivity index (χ1n) is 9.60. The molecule has 0 spiro atoms. The highest BCUT2D eigenvalue weighted by molar-refractivity contribution is 8.00. The molecule has 6 atom stereocenters. The molecular weight excluding hydrogens is 352 g/mol. The SMILES string of the molecule is C=CC(O)(CC=C[C@@H]1[C@H]2CCCCSC(C(=O)O)O[C@@H]2C[C@H]1O)CCC. The van der Waals surface area contributed by atoms with Crippen LogP contribution in [0.3, 0.4) is 0 Å². The van der Waals surface area contributed by atoms with Crippen LogP contribution in [0, 0.1) is 11.8 Å². The van der Waals surface area contributed by atoms with Gasteiger partial charge in [-0.1, -0.05) is 38.0 Å². The number of thioether (sulfide) groups is 1. The molecule has 148 valence electrons. The second kappa shape index (κ2) is 9.93. The first-order valence-corrected chi connectivity index (χ1v) is 10.7. The first-order chi connectivity index (χ1) is 12.4. The Morgan fingerprint density at radius 1 is 1.42 bits per heavy atom. The molecule has 3 N–H and O–H groups in total. The van der Waals surface area contributed by atoms with Gasteiger partial charge in [0.1, 0.15) is 0 Å². The summed E-state index contributed by atoms with van der Waals surface area (Å²) in [5.74, 6) is -0.110. The quantitative estimate of drug-likeness (QED) is 0.584. The van der Waals surface area contributed by atoms with Crippen LogP contribution in [-0.4, -0.2) is 50.3 Å². The number of carboxylic acid groups (broad SMARTS) is 1. The molecule has 1 saturated heterocycles. The number of hydrogen-bond acceptors (Lipinski definition) is 5. The van der Waals surface area contributed by atoms with Crippen LogP contribution < -0.4 is 0 Å². The van der Waals surface area contributed by atoms with E-state index < -0.39 is 23.1 Å². The summed E-state index contributed by atoms with van der Waals surface area (Å²) in [6, 6.07) is 0. The summed E-state index contributed by atoms with van der Waals surface area (Å²) in [5.41, 5.74) is -1.76. The van der Waals surface area contributed by atoms with Gasteiger partial charge >= 0.3 is 5.97 Å². The largest absolute Gasteiger partial charge is 0.479 e. The Morgan fingerprint density at radius 2 is 2.19 bits per heavy atom. The average molecular weight is 385 g/mol. The maximum Gasteiger partial charge on any atom is 0.343 e. The molecule has 6 heteroatoms. The zero-order valence-corrected chi connectivity index (χ0v) is 16.4. The second-order valence-corrected chi connectivity index (χ2v) is 8.62. The smallest absolute Gasteiger partial charge is 0.343 e. The van der Waals surface area contributed by atoms with E-state index in [4.69, 9.17) is 4.74 Å². The maximum absolute atomic E-state index is 11.4. The Morgan fingerprint density at radius 3 is 2.85 bits per heavy atom. The van der Waals surface area contributed by atoms with Crippen molar-refractivity contribution in [3.05, 3.63) is 24.8 Å². The summed E-state index contributed by atoms with van der Waals surface area (Å²) in [5, 5.41) is 30.4. The highest BCUT2D eigenvalue weighted by Crippen LogP contribution is 2.41. The van der Waals surface area contributed by atoms with E-state index in [1.807, 2.05) is 19.1 Å². The molecule has 1 heterocycles. The van der Waals surface area contributed by atoms with Gasteiger partial charge in [-0.25, -0.2) is 4.79 Å². The normalized spacial score (nSPS) is 35.1. The van der Waals surface area contributed by atoms with E-state index in [1.54, 1.807) is 6.08 Å². The number of aliphatic hydroxyl groups is 2. The number of aliphatic hydroxyl groups excluding tert-OH is 1. The van der Waals surface area contributed by atoms with Crippen molar-refractivity contribution >= 4 is 17.7 Å². The number of carboxylic acids is 1. The van der Waals surface area contributed by atoms with Crippen LogP contribution in [-0.2, 0) is 9.53 Å². The zero-order valence-electron chi connectivity index (χ0n) is 15.5. The van der Waals surface area contributed by atoms with Crippen LogP contribution in [0.15, 0.2) is 24.8 Å². The van der Waals surface area contributed by atoms with E-state index in [0.717, 1.165) is 31.4 Å². The van der Waals surface area contributed by atoms with Crippen LogP contribution in [0.5, 0.6) is 0 Å². The van der Waals surface area contributed by atoms with Crippen LogP contribution in [0.4, 0.5) is 0 Å². The summed E-state index contributed by atoms with van der Waals surface area (Å²) in [4.78, 5) is 11.4. The van der Waals surface area contributed by atoms with Crippen LogP contribution in [0.1, 0.15) is 51.9 Å². The Hall–Kier alpha value is -0.820. The summed E-state index contributed by atoms with van der Waals surface area (Å²) in [6.45, 7) is 5.75. The maximum atomic E-state index is 11.4. The molecule has 1 saturated carbocycles. The van der Waals surface area contributed by atoms with Crippen molar-refractivity contribution in [2.75, 3.05) is 5.75 Å². The zero-order chi connectivity index (χ0) is 19.2. The number of aliphatic carboxylic acids is 1. The summed E-state index contributed by atoms with van der Waals surface area (Å²) >= 11 is 1.33. The molecule has 0 radical (unpaired) electrons. The fraction of sp³-hybridized carbons (Fsp3) is 0.750. The number of hydrogen-bond donors (Lipinski definition) is 3. The van der Waals surface area contributed by atoms with Crippen molar-refractivity contribution in [3.63, 3.8) is 0 Å². The third-order valence-electron chi connectivity index (χ3n) is 5.48. The molecule has 0 aromatic carbocycles. The van der Waals surface area contributed by atoms with Gasteiger partial charge < -0.3 is 20.1 Å². The van der Waals surface area contributed by atoms with Crippen molar-refractivity contribution in [2.45, 2.75) is 75.1 Å². The van der Waals surface area contributed by atoms with Gasteiger partial charge in [-0.3, -0.25) is 0 Å². The summed E-state index contributed by atoms with van der Waals surface area (Å²) in [7, 11) is 0. The third kappa shape index (κ3) is 5.59. The van der Waals surface area contributed by atoms with Crippen LogP contribution in [0.2, 0.25) is 0 Å². The first kappa shape index (κ1) is 21.5. The van der Waals surface area contributed by atoms with Gasteiger partial charge in [0.25, 0.3) is 0 Å². The van der Waals surface area contributed by atoms with Crippen molar-refractivity contribution in [2.24, 2.45) is 11.8 Å². The van der Waals surface area contributed by atoms with Gasteiger partial charge in [0, 0.05) is 12.3 Å². The van der Waals surface area contributed by atoms with E-state index in [-0.39, 0.29) is 17.9 Å². The Bertz CT molecular complexity index is 508. The number of rotatable bonds is 7. The lowest BCUT2D eigenvalue weighted by atomic mass is 9.87. The van der Waals surface area contributed by atoms with Gasteiger partial charge in [-0.05, 0) is 37.4 Å². The monoisotopic (exact) mass is 384 g/mol. The lowest BCUT2D eigenvalue weighted by molar-refractivity contribution is -0.148. The minimum atomic E-state index is -0.945. The van der Waals surface area contributed by atoms with Gasteiger partial charge in [-0.2, -0.15) is 0 Å². The molecule has 5 nitrogen and oxygen atoms in total. The molecule has 0 bridgehead atoms. The van der Waals surface area contributed by atoms with Gasteiger partial charge in [0.15, 0.2) is 0 Å².